The van der Waals surface area contributed by atoms with E-state index in [-0.39, 0.29) is 6.54 Å². The van der Waals surface area contributed by atoms with Gasteiger partial charge in [0.2, 0.25) is 5.91 Å². The maximum Gasteiger partial charge on any atom is 0.253 e. The summed E-state index contributed by atoms with van der Waals surface area (Å²) in [4.78, 5) is 10.9. The quantitative estimate of drug-likeness (QED) is 0.803. The third-order valence-corrected chi connectivity index (χ3v) is 2.22. The second kappa shape index (κ2) is 5.55. The molecule has 0 saturated carbocycles. The lowest BCUT2D eigenvalue weighted by Crippen LogP contribution is -2.32. The molecule has 1 atom stereocenters. The first kappa shape index (κ1) is 12.6. The van der Waals surface area contributed by atoms with Crippen LogP contribution < -0.4 is 11.1 Å². The molecule has 3 nitrogen and oxygen atoms in total. The molecule has 88 valence electrons. The fourth-order valence-corrected chi connectivity index (χ4v) is 1.20. The highest BCUT2D eigenvalue weighted by Gasteiger charge is 2.13. The number of nitrogens with two attached hydrogens (primary N) is 1. The van der Waals surface area contributed by atoms with Crippen molar-refractivity contribution in [2.45, 2.75) is 25.9 Å². The van der Waals surface area contributed by atoms with Crippen LogP contribution in [0.3, 0.4) is 0 Å². The molecule has 1 rings (SSSR count). The highest BCUT2D eigenvalue weighted by atomic mass is 19.3. The Labute approximate surface area is 92.6 Å². The van der Waals surface area contributed by atoms with Gasteiger partial charge in [0.15, 0.2) is 0 Å². The summed E-state index contributed by atoms with van der Waals surface area (Å²) < 4.78 is 24.4. The predicted octanol–water partition coefficient (Wildman–Crippen LogP) is 1.53. The first-order chi connectivity index (χ1) is 7.50. The summed E-state index contributed by atoms with van der Waals surface area (Å²) in [7, 11) is 0. The van der Waals surface area contributed by atoms with E-state index in [9.17, 15) is 13.6 Å². The number of carbonyl (C=O) groups excluding carboxylic acids is 1. The molecule has 3 N–H and O–H groups in total. The average molecular weight is 228 g/mol. The number of rotatable bonds is 5. The van der Waals surface area contributed by atoms with Crippen LogP contribution >= 0.6 is 0 Å². The molecule has 1 unspecified atom stereocenters. The van der Waals surface area contributed by atoms with Crippen molar-refractivity contribution in [1.29, 1.82) is 0 Å². The van der Waals surface area contributed by atoms with Crippen LogP contribution in [-0.4, -0.2) is 18.4 Å². The fraction of sp³-hybridized carbons (Fsp3) is 0.364. The van der Waals surface area contributed by atoms with Crippen LogP contribution in [0.25, 0.3) is 0 Å². The molecule has 0 fully saturated rings. The van der Waals surface area contributed by atoms with E-state index in [0.29, 0.717) is 5.56 Å². The molecule has 0 heterocycles. The molecule has 0 aromatic heterocycles. The van der Waals surface area contributed by atoms with Gasteiger partial charge in [0.25, 0.3) is 6.43 Å². The van der Waals surface area contributed by atoms with Crippen LogP contribution in [0.1, 0.15) is 22.8 Å². The summed E-state index contributed by atoms with van der Waals surface area (Å²) in [6.07, 6.45) is -2.40. The van der Waals surface area contributed by atoms with E-state index in [1.807, 2.05) is 0 Å². The molecule has 16 heavy (non-hydrogen) atoms. The second-order valence-corrected chi connectivity index (χ2v) is 3.57. The third-order valence-electron chi connectivity index (χ3n) is 2.22. The van der Waals surface area contributed by atoms with Gasteiger partial charge in [0.1, 0.15) is 0 Å². The van der Waals surface area contributed by atoms with Gasteiger partial charge in [-0.3, -0.25) is 4.79 Å². The number of nitrogens with one attached hydrogen (secondary N) is 1. The van der Waals surface area contributed by atoms with E-state index in [4.69, 9.17) is 5.73 Å². The third kappa shape index (κ3) is 3.58. The number of carbonyl (C=O) groups is 1. The van der Waals surface area contributed by atoms with E-state index in [1.54, 1.807) is 24.3 Å². The Balaban J connectivity index is 2.61. The Hall–Kier alpha value is -1.49. The number of halogens is 2. The highest BCUT2D eigenvalue weighted by molar-refractivity contribution is 5.92. The van der Waals surface area contributed by atoms with Gasteiger partial charge in [-0.25, -0.2) is 8.78 Å². The Morgan fingerprint density at radius 1 is 1.50 bits per heavy atom. The molecule has 5 heteroatoms. The minimum atomic E-state index is -2.40. The number of amides is 1. The monoisotopic (exact) mass is 228 g/mol. The summed E-state index contributed by atoms with van der Waals surface area (Å²) >= 11 is 0. The van der Waals surface area contributed by atoms with Crippen molar-refractivity contribution < 1.29 is 13.6 Å². The van der Waals surface area contributed by atoms with Crippen LogP contribution in [0.15, 0.2) is 24.3 Å². The standard InChI is InChI=1S/C11H14F2N2O/c1-7(10(12)13)15-6-8-3-2-4-9(5-8)11(14)16/h2-5,7,10,15H,6H2,1H3,(H2,14,16). The molecule has 0 aliphatic heterocycles. The average Bonchev–Trinajstić information content (AvgIpc) is 2.26. The van der Waals surface area contributed by atoms with Crippen LogP contribution in [0.5, 0.6) is 0 Å². The first-order valence-corrected chi connectivity index (χ1v) is 4.91. The fourth-order valence-electron chi connectivity index (χ4n) is 1.20. The van der Waals surface area contributed by atoms with Crippen molar-refractivity contribution in [2.24, 2.45) is 5.73 Å². The van der Waals surface area contributed by atoms with Gasteiger partial charge in [-0.1, -0.05) is 12.1 Å². The van der Waals surface area contributed by atoms with E-state index in [2.05, 4.69) is 5.32 Å². The van der Waals surface area contributed by atoms with E-state index >= 15 is 0 Å². The maximum atomic E-state index is 12.2. The van der Waals surface area contributed by atoms with Crippen molar-refractivity contribution >= 4 is 5.91 Å². The highest BCUT2D eigenvalue weighted by Crippen LogP contribution is 2.06. The molecule has 0 spiro atoms. The smallest absolute Gasteiger partial charge is 0.253 e. The number of primary amides is 1. The van der Waals surface area contributed by atoms with E-state index < -0.39 is 18.4 Å². The molecule has 1 amide bonds. The topological polar surface area (TPSA) is 55.1 Å². The minimum Gasteiger partial charge on any atom is -0.366 e. The molecular formula is C11H14F2N2O. The lowest BCUT2D eigenvalue weighted by molar-refractivity contribution is 0.0998. The zero-order valence-electron chi connectivity index (χ0n) is 8.91. The van der Waals surface area contributed by atoms with Crippen molar-refractivity contribution in [3.05, 3.63) is 35.4 Å². The van der Waals surface area contributed by atoms with Gasteiger partial charge in [-0.15, -0.1) is 0 Å². The van der Waals surface area contributed by atoms with Gasteiger partial charge in [0.05, 0.1) is 6.04 Å². The second-order valence-electron chi connectivity index (χ2n) is 3.57. The summed E-state index contributed by atoms with van der Waals surface area (Å²) in [6, 6.07) is 5.72. The Morgan fingerprint density at radius 2 is 2.19 bits per heavy atom. The molecule has 0 aliphatic rings. The first-order valence-electron chi connectivity index (χ1n) is 4.91. The summed E-state index contributed by atoms with van der Waals surface area (Å²) in [6.45, 7) is 1.69. The molecule has 0 aliphatic carbocycles. The van der Waals surface area contributed by atoms with Crippen LogP contribution in [0.2, 0.25) is 0 Å². The number of hydrogen-bond acceptors (Lipinski definition) is 2. The molecule has 0 bridgehead atoms. The lowest BCUT2D eigenvalue weighted by atomic mass is 10.1. The Bertz CT molecular complexity index is 369. The Morgan fingerprint density at radius 3 is 2.75 bits per heavy atom. The largest absolute Gasteiger partial charge is 0.366 e. The summed E-state index contributed by atoms with van der Waals surface area (Å²) in [5.74, 6) is -0.524. The summed E-state index contributed by atoms with van der Waals surface area (Å²) in [5, 5.41) is 2.66. The molecule has 1 aromatic rings. The van der Waals surface area contributed by atoms with Crippen molar-refractivity contribution in [3.63, 3.8) is 0 Å². The van der Waals surface area contributed by atoms with Gasteiger partial charge < -0.3 is 11.1 Å². The van der Waals surface area contributed by atoms with Gasteiger partial charge in [-0.2, -0.15) is 0 Å². The molecular weight excluding hydrogens is 214 g/mol. The van der Waals surface area contributed by atoms with Crippen molar-refractivity contribution in [2.75, 3.05) is 0 Å². The number of alkyl halides is 2. The Kier molecular flexibility index (Phi) is 4.37. The van der Waals surface area contributed by atoms with E-state index in [0.717, 1.165) is 5.56 Å². The summed E-state index contributed by atoms with van der Waals surface area (Å²) in [5.41, 5.74) is 6.24. The van der Waals surface area contributed by atoms with Gasteiger partial charge in [-0.05, 0) is 24.6 Å². The SMILES string of the molecule is CC(NCc1cccc(C(N)=O)c1)C(F)F. The zero-order chi connectivity index (χ0) is 12.1. The minimum absolute atomic E-state index is 0.284. The normalized spacial score (nSPS) is 12.8. The van der Waals surface area contributed by atoms with Gasteiger partial charge >= 0.3 is 0 Å². The van der Waals surface area contributed by atoms with Crippen LogP contribution in [0, 0.1) is 0 Å². The molecule has 1 aromatic carbocycles. The number of hydrogen-bond donors (Lipinski definition) is 2. The van der Waals surface area contributed by atoms with Crippen LogP contribution in [-0.2, 0) is 6.54 Å². The molecule has 0 radical (unpaired) electrons. The van der Waals surface area contributed by atoms with Gasteiger partial charge in [0, 0.05) is 12.1 Å². The zero-order valence-corrected chi connectivity index (χ0v) is 8.91. The van der Waals surface area contributed by atoms with Crippen molar-refractivity contribution in [1.82, 2.24) is 5.32 Å². The van der Waals surface area contributed by atoms with Crippen molar-refractivity contribution in [3.8, 4) is 0 Å². The van der Waals surface area contributed by atoms with Crippen LogP contribution in [0.4, 0.5) is 8.78 Å². The van der Waals surface area contributed by atoms with E-state index in [1.165, 1.54) is 6.92 Å². The number of benzene rings is 1. The maximum absolute atomic E-state index is 12.2. The lowest BCUT2D eigenvalue weighted by Gasteiger charge is -2.12. The molecule has 0 saturated heterocycles. The predicted molar refractivity (Wildman–Crippen MR) is 57.3 cm³/mol.